The molecule has 1 aromatic heterocycles. The maximum absolute atomic E-state index is 16.4. The molecule has 1 atom stereocenters. The van der Waals surface area contributed by atoms with E-state index in [1.54, 1.807) is 13.3 Å². The van der Waals surface area contributed by atoms with Gasteiger partial charge in [-0.1, -0.05) is 32.1 Å². The average molecular weight is 556 g/mol. The fourth-order valence-corrected chi connectivity index (χ4v) is 7.02. The van der Waals surface area contributed by atoms with Gasteiger partial charge in [0.25, 0.3) is 0 Å². The summed E-state index contributed by atoms with van der Waals surface area (Å²) in [6.07, 6.45) is 10.2. The van der Waals surface area contributed by atoms with Gasteiger partial charge >= 0.3 is 5.97 Å². The quantitative estimate of drug-likeness (QED) is 0.364. The Bertz CT molecular complexity index is 1120. The van der Waals surface area contributed by atoms with E-state index in [9.17, 15) is 9.90 Å². The van der Waals surface area contributed by atoms with Crippen LogP contribution in [0.5, 0.6) is 5.75 Å². The lowest BCUT2D eigenvalue weighted by molar-refractivity contribution is -0.153. The first-order chi connectivity index (χ1) is 19.5. The van der Waals surface area contributed by atoms with Crippen LogP contribution in [-0.2, 0) is 16.1 Å². The molecule has 0 bridgehead atoms. The molecule has 0 radical (unpaired) electrons. The van der Waals surface area contributed by atoms with Crippen molar-refractivity contribution in [3.63, 3.8) is 0 Å². The predicted octanol–water partition coefficient (Wildman–Crippen LogP) is 6.00. The van der Waals surface area contributed by atoms with Gasteiger partial charge in [0.2, 0.25) is 0 Å². The summed E-state index contributed by atoms with van der Waals surface area (Å²) in [4.78, 5) is 21.9. The van der Waals surface area contributed by atoms with Gasteiger partial charge in [-0.15, -0.1) is 0 Å². The summed E-state index contributed by atoms with van der Waals surface area (Å²) >= 11 is 0. The van der Waals surface area contributed by atoms with E-state index in [0.717, 1.165) is 55.1 Å². The van der Waals surface area contributed by atoms with Crippen LogP contribution < -0.4 is 4.74 Å². The zero-order valence-electron chi connectivity index (χ0n) is 24.1. The molecule has 220 valence electrons. The van der Waals surface area contributed by atoms with Gasteiger partial charge in [0.05, 0.1) is 31.3 Å². The van der Waals surface area contributed by atoms with Gasteiger partial charge in [-0.2, -0.15) is 0 Å². The van der Waals surface area contributed by atoms with Gasteiger partial charge in [0.1, 0.15) is 11.9 Å². The Morgan fingerprint density at radius 1 is 1.15 bits per heavy atom. The molecular weight excluding hydrogens is 509 g/mol. The van der Waals surface area contributed by atoms with E-state index in [1.165, 1.54) is 38.5 Å². The highest BCUT2D eigenvalue weighted by molar-refractivity contribution is 5.85. The number of pyridine rings is 1. The van der Waals surface area contributed by atoms with E-state index >= 15 is 4.39 Å². The average Bonchev–Trinajstić information content (AvgIpc) is 3.00. The summed E-state index contributed by atoms with van der Waals surface area (Å²) in [5, 5.41) is 11.1. The minimum Gasteiger partial charge on any atom is -0.497 e. The van der Waals surface area contributed by atoms with Crippen LogP contribution >= 0.6 is 0 Å². The molecule has 3 heterocycles. The van der Waals surface area contributed by atoms with Crippen LogP contribution in [0.3, 0.4) is 0 Å². The Morgan fingerprint density at radius 2 is 1.90 bits per heavy atom. The summed E-state index contributed by atoms with van der Waals surface area (Å²) in [7, 11) is 1.61. The van der Waals surface area contributed by atoms with Gasteiger partial charge in [-0.05, 0) is 81.4 Å². The van der Waals surface area contributed by atoms with Crippen molar-refractivity contribution >= 4 is 16.9 Å². The van der Waals surface area contributed by atoms with Gasteiger partial charge in [0, 0.05) is 36.8 Å². The molecule has 5 rings (SSSR count). The SMILES string of the molecule is COc1ccc2ncc(CN3CCOCC3)c([C@H](F)CCC3(C(=O)O)CCN(CCC4CCCCC4)CC3)c2c1. The largest absolute Gasteiger partial charge is 0.497 e. The second-order valence-corrected chi connectivity index (χ2v) is 12.2. The van der Waals surface area contributed by atoms with Crippen molar-refractivity contribution in [1.29, 1.82) is 0 Å². The standard InChI is InChI=1S/C32H46FN3O4/c1-39-26-7-8-29-27(21-26)30(25(22-34-29)23-36-17-19-40-20-18-36)28(33)9-11-32(31(37)38)12-15-35(16-13-32)14-10-24-5-3-2-4-6-24/h7-8,21-22,24,28H,2-6,9-20,23H2,1H3,(H,37,38)/t28-/m1/s1. The number of carbonyl (C=O) groups is 1. The van der Waals surface area contributed by atoms with Crippen LogP contribution in [0.1, 0.15) is 81.5 Å². The molecule has 0 amide bonds. The smallest absolute Gasteiger partial charge is 0.309 e. The number of alkyl halides is 1. The van der Waals surface area contributed by atoms with E-state index < -0.39 is 17.6 Å². The number of rotatable bonds is 11. The molecule has 0 spiro atoms. The fraction of sp³-hybridized carbons (Fsp3) is 0.688. The summed E-state index contributed by atoms with van der Waals surface area (Å²) in [6.45, 7) is 6.16. The van der Waals surface area contributed by atoms with Crippen molar-refractivity contribution < 1.29 is 23.8 Å². The van der Waals surface area contributed by atoms with E-state index in [1.807, 2.05) is 18.2 Å². The van der Waals surface area contributed by atoms with Gasteiger partial charge in [0.15, 0.2) is 0 Å². The zero-order valence-corrected chi connectivity index (χ0v) is 24.1. The monoisotopic (exact) mass is 555 g/mol. The highest BCUT2D eigenvalue weighted by Crippen LogP contribution is 2.42. The predicted molar refractivity (Wildman–Crippen MR) is 154 cm³/mol. The Morgan fingerprint density at radius 3 is 2.60 bits per heavy atom. The Hall–Kier alpha value is -2.29. The fourth-order valence-electron chi connectivity index (χ4n) is 7.02. The number of benzene rings is 1. The molecule has 1 saturated carbocycles. The number of morpholine rings is 1. The highest BCUT2D eigenvalue weighted by Gasteiger charge is 2.42. The molecule has 0 unspecified atom stereocenters. The number of nitrogens with zero attached hydrogens (tertiary/aromatic N) is 3. The maximum Gasteiger partial charge on any atom is 0.309 e. The number of aliphatic carboxylic acids is 1. The van der Waals surface area contributed by atoms with Crippen LogP contribution in [-0.4, -0.2) is 78.9 Å². The zero-order chi connectivity index (χ0) is 28.0. The molecule has 1 N–H and O–H groups in total. The third-order valence-corrected chi connectivity index (χ3v) is 9.73. The van der Waals surface area contributed by atoms with Crippen molar-refractivity contribution in [2.45, 2.75) is 76.9 Å². The number of piperidine rings is 1. The molecular formula is C32H46FN3O4. The molecule has 8 heteroatoms. The molecule has 2 saturated heterocycles. The van der Waals surface area contributed by atoms with E-state index in [-0.39, 0.29) is 6.42 Å². The van der Waals surface area contributed by atoms with Crippen molar-refractivity contribution in [1.82, 2.24) is 14.8 Å². The Balaban J connectivity index is 1.28. The molecule has 1 aliphatic carbocycles. The van der Waals surface area contributed by atoms with Gasteiger partial charge in [-0.3, -0.25) is 14.7 Å². The normalized spacial score (nSPS) is 21.9. The van der Waals surface area contributed by atoms with E-state index in [4.69, 9.17) is 9.47 Å². The van der Waals surface area contributed by atoms with E-state index in [2.05, 4.69) is 14.8 Å². The summed E-state index contributed by atoms with van der Waals surface area (Å²) in [5.41, 5.74) is 1.35. The molecule has 7 nitrogen and oxygen atoms in total. The molecule has 2 aliphatic heterocycles. The number of hydrogen-bond donors (Lipinski definition) is 1. The highest BCUT2D eigenvalue weighted by atomic mass is 19.1. The minimum absolute atomic E-state index is 0.181. The lowest BCUT2D eigenvalue weighted by atomic mass is 9.74. The van der Waals surface area contributed by atoms with Crippen molar-refractivity contribution in [2.24, 2.45) is 11.3 Å². The first kappa shape index (κ1) is 29.2. The third kappa shape index (κ3) is 6.94. The van der Waals surface area contributed by atoms with Crippen LogP contribution in [0.2, 0.25) is 0 Å². The van der Waals surface area contributed by atoms with E-state index in [0.29, 0.717) is 50.3 Å². The molecule has 40 heavy (non-hydrogen) atoms. The molecule has 3 aliphatic rings. The first-order valence-corrected chi connectivity index (χ1v) is 15.3. The summed E-state index contributed by atoms with van der Waals surface area (Å²) in [6, 6.07) is 5.57. The number of carboxylic acids is 1. The number of methoxy groups -OCH3 is 1. The lowest BCUT2D eigenvalue weighted by Gasteiger charge is -2.40. The number of likely N-dealkylation sites (tertiary alicyclic amines) is 1. The Labute approximate surface area is 238 Å². The second kappa shape index (κ2) is 13.6. The summed E-state index contributed by atoms with van der Waals surface area (Å²) < 4.78 is 27.4. The lowest BCUT2D eigenvalue weighted by Crippen LogP contribution is -2.45. The number of carboxylic acid groups (broad SMARTS) is 1. The Kier molecular flexibility index (Phi) is 9.92. The molecule has 1 aromatic carbocycles. The van der Waals surface area contributed by atoms with Crippen molar-refractivity contribution in [3.8, 4) is 5.75 Å². The second-order valence-electron chi connectivity index (χ2n) is 12.2. The van der Waals surface area contributed by atoms with Crippen molar-refractivity contribution in [3.05, 3.63) is 35.5 Å². The van der Waals surface area contributed by atoms with Gasteiger partial charge < -0.3 is 19.5 Å². The van der Waals surface area contributed by atoms with Crippen LogP contribution in [0.25, 0.3) is 10.9 Å². The molecule has 3 fully saturated rings. The molecule has 2 aromatic rings. The maximum atomic E-state index is 16.4. The van der Waals surface area contributed by atoms with Crippen LogP contribution in [0.15, 0.2) is 24.4 Å². The number of hydrogen-bond acceptors (Lipinski definition) is 6. The summed E-state index contributed by atoms with van der Waals surface area (Å²) in [5.74, 6) is 0.711. The number of fused-ring (bicyclic) bond motifs is 1. The minimum atomic E-state index is -1.28. The van der Waals surface area contributed by atoms with Crippen LogP contribution in [0, 0.1) is 11.3 Å². The van der Waals surface area contributed by atoms with Crippen molar-refractivity contribution in [2.75, 3.05) is 53.0 Å². The number of halogens is 1. The number of ether oxygens (including phenoxy) is 2. The first-order valence-electron chi connectivity index (χ1n) is 15.3. The van der Waals surface area contributed by atoms with Gasteiger partial charge in [-0.25, -0.2) is 4.39 Å². The number of aromatic nitrogens is 1. The topological polar surface area (TPSA) is 75.1 Å². The third-order valence-electron chi connectivity index (χ3n) is 9.73. The van der Waals surface area contributed by atoms with Crippen LogP contribution in [0.4, 0.5) is 4.39 Å².